The molecule has 19 heavy (non-hydrogen) atoms. The van der Waals surface area contributed by atoms with Gasteiger partial charge in [0, 0.05) is 26.7 Å². The van der Waals surface area contributed by atoms with E-state index in [1.807, 2.05) is 0 Å². The van der Waals surface area contributed by atoms with Gasteiger partial charge in [0.25, 0.3) is 0 Å². The summed E-state index contributed by atoms with van der Waals surface area (Å²) in [6.45, 7) is 2.99. The van der Waals surface area contributed by atoms with Crippen molar-refractivity contribution in [2.75, 3.05) is 20.1 Å². The maximum Gasteiger partial charge on any atom is 0.416 e. The second-order valence-corrected chi connectivity index (χ2v) is 4.83. The van der Waals surface area contributed by atoms with E-state index < -0.39 is 11.7 Å². The molecule has 0 bridgehead atoms. The molecule has 0 unspecified atom stereocenters. The average Bonchev–Trinajstić information content (AvgIpc) is 2.59. The second kappa shape index (κ2) is 4.75. The van der Waals surface area contributed by atoms with Gasteiger partial charge >= 0.3 is 12.2 Å². The van der Waals surface area contributed by atoms with Crippen molar-refractivity contribution in [2.24, 2.45) is 0 Å². The van der Waals surface area contributed by atoms with E-state index in [2.05, 4.69) is 0 Å². The summed E-state index contributed by atoms with van der Waals surface area (Å²) in [6, 6.07) is 3.76. The lowest BCUT2D eigenvalue weighted by atomic mass is 10.1. The van der Waals surface area contributed by atoms with Crippen molar-refractivity contribution in [1.29, 1.82) is 0 Å². The quantitative estimate of drug-likeness (QED) is 0.812. The number of urea groups is 1. The van der Waals surface area contributed by atoms with Gasteiger partial charge in [0.05, 0.1) is 5.56 Å². The van der Waals surface area contributed by atoms with Gasteiger partial charge in [-0.2, -0.15) is 13.2 Å². The van der Waals surface area contributed by atoms with Crippen LogP contribution in [0.2, 0.25) is 0 Å². The van der Waals surface area contributed by atoms with Crippen LogP contribution in [0.4, 0.5) is 18.0 Å². The first-order valence-electron chi connectivity index (χ1n) is 5.95. The first-order valence-corrected chi connectivity index (χ1v) is 5.95. The zero-order chi connectivity index (χ0) is 14.2. The number of nitrogens with zero attached hydrogens (tertiary/aromatic N) is 2. The maximum absolute atomic E-state index is 12.7. The second-order valence-electron chi connectivity index (χ2n) is 4.83. The van der Waals surface area contributed by atoms with Crippen molar-refractivity contribution in [3.63, 3.8) is 0 Å². The number of rotatable bonds is 2. The lowest BCUT2D eigenvalue weighted by Gasteiger charge is -2.17. The monoisotopic (exact) mass is 272 g/mol. The highest BCUT2D eigenvalue weighted by Gasteiger charge is 2.31. The normalized spacial score (nSPS) is 16.4. The van der Waals surface area contributed by atoms with Crippen molar-refractivity contribution in [3.05, 3.63) is 34.9 Å². The van der Waals surface area contributed by atoms with Crippen molar-refractivity contribution in [1.82, 2.24) is 9.80 Å². The van der Waals surface area contributed by atoms with Crippen LogP contribution in [0.15, 0.2) is 18.2 Å². The molecule has 0 atom stereocenters. The zero-order valence-electron chi connectivity index (χ0n) is 10.8. The number of hydrogen-bond donors (Lipinski definition) is 0. The fourth-order valence-electron chi connectivity index (χ4n) is 2.19. The molecule has 1 aromatic carbocycles. The number of likely N-dealkylation sites (N-methyl/N-ethyl adjacent to an activating group) is 1. The Morgan fingerprint density at radius 3 is 2.42 bits per heavy atom. The van der Waals surface area contributed by atoms with E-state index >= 15 is 0 Å². The van der Waals surface area contributed by atoms with Gasteiger partial charge in [-0.05, 0) is 24.6 Å². The molecule has 104 valence electrons. The topological polar surface area (TPSA) is 23.6 Å². The largest absolute Gasteiger partial charge is 0.416 e. The first kappa shape index (κ1) is 13.7. The van der Waals surface area contributed by atoms with Crippen LogP contribution in [0.3, 0.4) is 0 Å². The fourth-order valence-corrected chi connectivity index (χ4v) is 2.19. The molecular weight excluding hydrogens is 257 g/mol. The molecule has 6 heteroatoms. The summed E-state index contributed by atoms with van der Waals surface area (Å²) in [6.07, 6.45) is -4.35. The van der Waals surface area contributed by atoms with Crippen molar-refractivity contribution in [2.45, 2.75) is 19.6 Å². The number of halogens is 3. The Morgan fingerprint density at radius 1 is 1.21 bits per heavy atom. The van der Waals surface area contributed by atoms with Crippen LogP contribution in [0.1, 0.15) is 16.7 Å². The van der Waals surface area contributed by atoms with Gasteiger partial charge in [-0.15, -0.1) is 0 Å². The summed E-state index contributed by atoms with van der Waals surface area (Å²) >= 11 is 0. The van der Waals surface area contributed by atoms with Gasteiger partial charge in [0.1, 0.15) is 0 Å². The lowest BCUT2D eigenvalue weighted by Crippen LogP contribution is -2.29. The van der Waals surface area contributed by atoms with Crippen LogP contribution in [0.5, 0.6) is 0 Å². The summed E-state index contributed by atoms with van der Waals surface area (Å²) in [5.74, 6) is 0. The first-order chi connectivity index (χ1) is 8.77. The summed E-state index contributed by atoms with van der Waals surface area (Å²) in [5.41, 5.74) is 0.392. The van der Waals surface area contributed by atoms with Crippen LogP contribution >= 0.6 is 0 Å². The number of benzene rings is 1. The van der Waals surface area contributed by atoms with Gasteiger partial charge in [-0.3, -0.25) is 0 Å². The van der Waals surface area contributed by atoms with Crippen LogP contribution in [-0.2, 0) is 12.7 Å². The molecule has 0 radical (unpaired) electrons. The predicted octanol–water partition coefficient (Wildman–Crippen LogP) is 2.88. The van der Waals surface area contributed by atoms with Crippen LogP contribution in [0, 0.1) is 6.92 Å². The molecule has 0 saturated carbocycles. The molecule has 2 amide bonds. The highest BCUT2D eigenvalue weighted by atomic mass is 19.4. The lowest BCUT2D eigenvalue weighted by molar-refractivity contribution is -0.137. The third kappa shape index (κ3) is 3.00. The Balaban J connectivity index is 2.22. The third-order valence-electron chi connectivity index (χ3n) is 3.14. The van der Waals surface area contributed by atoms with Crippen molar-refractivity contribution < 1.29 is 18.0 Å². The molecule has 1 aliphatic heterocycles. The van der Waals surface area contributed by atoms with E-state index in [1.165, 1.54) is 0 Å². The van der Waals surface area contributed by atoms with E-state index in [9.17, 15) is 18.0 Å². The molecule has 0 aromatic heterocycles. The number of carbonyl (C=O) groups is 1. The number of alkyl halides is 3. The van der Waals surface area contributed by atoms with E-state index in [0.29, 0.717) is 24.2 Å². The SMILES string of the molecule is Cc1cc(CN2CCN(C)C2=O)cc(C(F)(F)F)c1. The molecule has 0 aliphatic carbocycles. The van der Waals surface area contributed by atoms with E-state index in [1.54, 1.807) is 29.8 Å². The maximum atomic E-state index is 12.7. The number of aryl methyl sites for hydroxylation is 1. The highest BCUT2D eigenvalue weighted by molar-refractivity contribution is 5.76. The molecule has 2 rings (SSSR count). The Hall–Kier alpha value is -1.72. The molecule has 1 fully saturated rings. The Labute approximate surface area is 109 Å². The number of carbonyl (C=O) groups excluding carboxylic acids is 1. The van der Waals surface area contributed by atoms with E-state index in [4.69, 9.17) is 0 Å². The Bertz CT molecular complexity index is 499. The summed E-state index contributed by atoms with van der Waals surface area (Å²) in [4.78, 5) is 14.8. The molecule has 0 spiro atoms. The van der Waals surface area contributed by atoms with Gasteiger partial charge in [-0.1, -0.05) is 11.6 Å². The van der Waals surface area contributed by atoms with Gasteiger partial charge in [0.2, 0.25) is 0 Å². The van der Waals surface area contributed by atoms with Gasteiger partial charge in [-0.25, -0.2) is 4.79 Å². The Kier molecular flexibility index (Phi) is 3.43. The molecule has 1 aromatic rings. The number of hydrogen-bond acceptors (Lipinski definition) is 1. The van der Waals surface area contributed by atoms with Gasteiger partial charge < -0.3 is 9.80 Å². The standard InChI is InChI=1S/C13H15F3N2O/c1-9-5-10(7-11(6-9)13(14,15)16)8-18-4-3-17(2)12(18)19/h5-7H,3-4,8H2,1-2H3. The van der Waals surface area contributed by atoms with Crippen LogP contribution in [-0.4, -0.2) is 36.0 Å². The summed E-state index contributed by atoms with van der Waals surface area (Å²) < 4.78 is 38.1. The molecule has 0 N–H and O–H groups in total. The van der Waals surface area contributed by atoms with Crippen LogP contribution < -0.4 is 0 Å². The minimum atomic E-state index is -4.35. The molecule has 1 saturated heterocycles. The van der Waals surface area contributed by atoms with Crippen LogP contribution in [0.25, 0.3) is 0 Å². The molecule has 1 aliphatic rings. The zero-order valence-corrected chi connectivity index (χ0v) is 10.8. The third-order valence-corrected chi connectivity index (χ3v) is 3.14. The summed E-state index contributed by atoms with van der Waals surface area (Å²) in [5, 5.41) is 0. The minimum absolute atomic E-state index is 0.143. The van der Waals surface area contributed by atoms with E-state index in [-0.39, 0.29) is 12.6 Å². The fraction of sp³-hybridized carbons (Fsp3) is 0.462. The van der Waals surface area contributed by atoms with Crippen molar-refractivity contribution >= 4 is 6.03 Å². The minimum Gasteiger partial charge on any atom is -0.326 e. The molecule has 1 heterocycles. The number of amides is 2. The predicted molar refractivity (Wildman–Crippen MR) is 64.6 cm³/mol. The van der Waals surface area contributed by atoms with Crippen molar-refractivity contribution in [3.8, 4) is 0 Å². The Morgan fingerprint density at radius 2 is 1.89 bits per heavy atom. The smallest absolute Gasteiger partial charge is 0.326 e. The van der Waals surface area contributed by atoms with Gasteiger partial charge in [0.15, 0.2) is 0 Å². The van der Waals surface area contributed by atoms with E-state index in [0.717, 1.165) is 12.1 Å². The molecular formula is C13H15F3N2O. The summed E-state index contributed by atoms with van der Waals surface area (Å²) in [7, 11) is 1.68. The highest BCUT2D eigenvalue weighted by Crippen LogP contribution is 2.31. The average molecular weight is 272 g/mol. The molecule has 3 nitrogen and oxygen atoms in total.